The molecule has 4 N–H and O–H groups in total. The van der Waals surface area contributed by atoms with Crippen LogP contribution in [0.2, 0.25) is 0 Å². The Balaban J connectivity index is -0.000000175. The average Bonchev–Trinajstić information content (AvgIpc) is 2.46. The molecule has 0 fully saturated rings. The van der Waals surface area contributed by atoms with Crippen LogP contribution in [0.5, 0.6) is 0 Å². The van der Waals surface area contributed by atoms with E-state index in [2.05, 4.69) is 14.2 Å². The van der Waals surface area contributed by atoms with Crippen LogP contribution in [0.15, 0.2) is 0 Å². The van der Waals surface area contributed by atoms with Crippen molar-refractivity contribution in [1.29, 1.82) is 0 Å². The number of ether oxygens (including phenoxy) is 3. The normalized spacial score (nSPS) is 13.2. The van der Waals surface area contributed by atoms with E-state index in [1.807, 2.05) is 0 Å². The number of halogens is 5. The predicted molar refractivity (Wildman–Crippen MR) is 70.2 cm³/mol. The van der Waals surface area contributed by atoms with E-state index in [-0.39, 0.29) is 19.8 Å². The molecule has 0 aliphatic heterocycles. The summed E-state index contributed by atoms with van der Waals surface area (Å²) < 4.78 is 70.5. The third-order valence-electron chi connectivity index (χ3n) is 1.85. The van der Waals surface area contributed by atoms with Crippen LogP contribution in [0.4, 0.5) is 22.0 Å². The zero-order valence-corrected chi connectivity index (χ0v) is 26.9. The fourth-order valence-electron chi connectivity index (χ4n) is 0.965. The fourth-order valence-corrected chi connectivity index (χ4v) is 0.965. The molecule has 0 aliphatic carbocycles. The van der Waals surface area contributed by atoms with Gasteiger partial charge in [-0.25, -0.2) is 4.39 Å². The largest absolute Gasteiger partial charge is 0.419 e. The van der Waals surface area contributed by atoms with Crippen LogP contribution in [-0.2, 0) is 14.2 Å². The Labute approximate surface area is 135 Å². The standard InChI is InChI=1S/C7H12F3O3.C5H10F2O4.2Rf/c8-1-2-12-3-6(11)4-13-5-7(9)10;6-5(7,10)3-11-2-4(9)1-8;;/h6,11H,1-5H2;4,8-10H,1-3H2;;/q-1;;;. The van der Waals surface area contributed by atoms with Crippen LogP contribution in [-0.4, -0.2) is 91.7 Å². The van der Waals surface area contributed by atoms with Gasteiger partial charge in [-0.3, -0.25) is 0 Å². The van der Waals surface area contributed by atoms with Gasteiger partial charge in [0.2, 0.25) is 0 Å². The van der Waals surface area contributed by atoms with E-state index in [1.54, 1.807) is 0 Å². The fraction of sp³-hybridized carbons (Fsp3) is 0.917. The van der Waals surface area contributed by atoms with Gasteiger partial charge in [-0.15, -0.1) is 0 Å². The summed E-state index contributed by atoms with van der Waals surface area (Å²) in [6, 6.07) is 0. The zero-order chi connectivity index (χ0) is 19.0. The molecule has 7 nitrogen and oxygen atoms in total. The summed E-state index contributed by atoms with van der Waals surface area (Å²) in [4.78, 5) is 0. The van der Waals surface area contributed by atoms with Gasteiger partial charge in [0.15, 0.2) is 0 Å². The Hall–Kier alpha value is -2.63. The first-order chi connectivity index (χ1) is 11.1. The van der Waals surface area contributed by atoms with E-state index in [0.29, 0.717) is 0 Å². The first-order valence-corrected chi connectivity index (χ1v) is 6.65. The number of alkyl halides is 3. The van der Waals surface area contributed by atoms with Crippen LogP contribution in [0.1, 0.15) is 0 Å². The molecule has 0 aliphatic rings. The molecule has 0 aromatic carbocycles. The maximum atomic E-state index is 11.6. The number of hydrogen-bond donors (Lipinski definition) is 4. The van der Waals surface area contributed by atoms with Gasteiger partial charge in [0, 0.05) is 6.43 Å². The van der Waals surface area contributed by atoms with Gasteiger partial charge >= 0.3 is 6.11 Å². The second-order valence-electron chi connectivity index (χ2n) is 4.29. The molecule has 0 rings (SSSR count). The van der Waals surface area contributed by atoms with Crippen molar-refractivity contribution in [2.75, 3.05) is 52.9 Å². The maximum absolute atomic E-state index is 11.6. The Bertz CT molecular complexity index is 279. The smallest absolute Gasteiger partial charge is 0.376 e. The number of rotatable bonds is 13. The molecule has 0 spiro atoms. The van der Waals surface area contributed by atoms with Crippen molar-refractivity contribution in [2.24, 2.45) is 0 Å². The summed E-state index contributed by atoms with van der Waals surface area (Å²) in [6.07, 6.45) is -7.91. The number of aliphatic hydroxyl groups is 4. The average molecular weight is 907 g/mol. The van der Waals surface area contributed by atoms with E-state index in [1.165, 1.54) is 0 Å². The second kappa shape index (κ2) is 18.7. The van der Waals surface area contributed by atoms with Crippen LogP contribution < -0.4 is 0 Å². The molecule has 0 amide bonds. The van der Waals surface area contributed by atoms with Gasteiger partial charge in [0.25, 0.3) is 0 Å². The number of hydrogen-bond acceptors (Lipinski definition) is 7. The van der Waals surface area contributed by atoms with Crippen LogP contribution in [0.3, 0.4) is 0 Å². The Kier molecular flexibility index (Phi) is 22.4. The van der Waals surface area contributed by atoms with Crippen molar-refractivity contribution >= 4 is 0 Å². The SMILES string of the molecule is OC(COCCF)COC[C-](F)F.OCC(O)COCC(O)(F)F.[Rf].[Rf]. The van der Waals surface area contributed by atoms with E-state index in [0.717, 1.165) is 0 Å². The van der Waals surface area contributed by atoms with Crippen molar-refractivity contribution in [1.82, 2.24) is 0 Å². The summed E-state index contributed by atoms with van der Waals surface area (Å²) in [5.74, 6) is 0. The van der Waals surface area contributed by atoms with Gasteiger partial charge in [0.05, 0.1) is 33.0 Å². The third-order valence-corrected chi connectivity index (χ3v) is 1.85. The van der Waals surface area contributed by atoms with Crippen molar-refractivity contribution < 1.29 is 56.6 Å². The summed E-state index contributed by atoms with van der Waals surface area (Å²) >= 11 is 0. The molecule has 2 unspecified atom stereocenters. The van der Waals surface area contributed by atoms with Gasteiger partial charge < -0.3 is 43.4 Å². The Morgan fingerprint density at radius 3 is 1.85 bits per heavy atom. The van der Waals surface area contributed by atoms with E-state index < -0.39 is 57.8 Å². The van der Waals surface area contributed by atoms with Crippen molar-refractivity contribution in [3.05, 3.63) is 6.43 Å². The summed E-state index contributed by atoms with van der Waals surface area (Å²) in [5.41, 5.74) is 0. The molecule has 0 radical (unpaired) electrons. The predicted octanol–water partition coefficient (Wildman–Crippen LogP) is -0.280. The minimum Gasteiger partial charge on any atom is -0.419 e. The minimum atomic E-state index is -3.88. The second-order valence-corrected chi connectivity index (χ2v) is 4.29. The molecule has 0 saturated heterocycles. The molecular weight excluding hydrogens is 885 g/mol. The summed E-state index contributed by atoms with van der Waals surface area (Å²) in [5, 5.41) is 33.5. The molecular formula is C12H22F5O7Rf2-. The van der Waals surface area contributed by atoms with E-state index >= 15 is 0 Å². The Morgan fingerprint density at radius 1 is 0.923 bits per heavy atom. The maximum Gasteiger partial charge on any atom is 0.376 e. The number of aliphatic hydroxyl groups excluding tert-OH is 3. The summed E-state index contributed by atoms with van der Waals surface area (Å²) in [7, 11) is 0. The first-order valence-electron chi connectivity index (χ1n) is 6.65. The molecule has 0 aromatic heterocycles. The van der Waals surface area contributed by atoms with Crippen molar-refractivity contribution in [3.63, 3.8) is 0 Å². The van der Waals surface area contributed by atoms with Crippen LogP contribution >= 0.6 is 0 Å². The molecule has 14 heteroatoms. The minimum absolute atomic E-state index is 0. The molecule has 2 atom stereocenters. The molecule has 152 valence electrons. The van der Waals surface area contributed by atoms with Gasteiger partial charge in [-0.05, 0) is 6.61 Å². The first kappa shape index (κ1) is 31.2. The Morgan fingerprint density at radius 2 is 1.42 bits per heavy atom. The van der Waals surface area contributed by atoms with Crippen molar-refractivity contribution in [3.8, 4) is 0 Å². The molecule has 26 heavy (non-hydrogen) atoms. The third kappa shape index (κ3) is 29.4. The zero-order valence-electron chi connectivity index (χ0n) is 14.1. The van der Waals surface area contributed by atoms with Crippen molar-refractivity contribution in [2.45, 2.75) is 18.3 Å². The molecule has 0 heterocycles. The molecule has 0 saturated carbocycles. The molecule has 0 bridgehead atoms. The van der Waals surface area contributed by atoms with Gasteiger partial charge in [0.1, 0.15) is 25.5 Å². The van der Waals surface area contributed by atoms with E-state index in [9.17, 15) is 22.0 Å². The topological polar surface area (TPSA) is 109 Å². The quantitative estimate of drug-likeness (QED) is 0.115. The van der Waals surface area contributed by atoms with Gasteiger partial charge in [-0.1, -0.05) is 0 Å². The van der Waals surface area contributed by atoms with Crippen LogP contribution in [0.25, 0.3) is 0 Å². The molecule has 0 aromatic rings. The van der Waals surface area contributed by atoms with E-state index in [4.69, 9.17) is 20.4 Å². The van der Waals surface area contributed by atoms with Crippen LogP contribution in [0, 0.1) is 6.43 Å². The monoisotopic (exact) mass is 907 g/mol. The summed E-state index contributed by atoms with van der Waals surface area (Å²) in [6.45, 7) is -4.06. The van der Waals surface area contributed by atoms with Gasteiger partial charge in [-0.2, -0.15) is 8.78 Å².